The summed E-state index contributed by atoms with van der Waals surface area (Å²) in [7, 11) is 0. The second-order valence-corrected chi connectivity index (χ2v) is 5.92. The summed E-state index contributed by atoms with van der Waals surface area (Å²) in [5.41, 5.74) is 1.64. The highest BCUT2D eigenvalue weighted by Crippen LogP contribution is 2.27. The molecule has 2 aromatic heterocycles. The van der Waals surface area contributed by atoms with Gasteiger partial charge in [-0.3, -0.25) is 9.20 Å². The van der Waals surface area contributed by atoms with Crippen LogP contribution >= 0.6 is 0 Å². The zero-order valence-electron chi connectivity index (χ0n) is 12.8. The molecule has 3 heterocycles. The summed E-state index contributed by atoms with van der Waals surface area (Å²) < 4.78 is 2.05. The molecule has 23 heavy (non-hydrogen) atoms. The molecule has 1 aliphatic rings. The fraction of sp³-hybridized carbons (Fsp3) is 0.278. The number of pyridine rings is 1. The van der Waals surface area contributed by atoms with Crippen molar-refractivity contribution in [3.8, 4) is 0 Å². The number of likely N-dealkylation sites (tertiary alicyclic amines) is 1. The minimum Gasteiger partial charge on any atom is -0.339 e. The fourth-order valence-corrected chi connectivity index (χ4v) is 3.24. The van der Waals surface area contributed by atoms with E-state index >= 15 is 0 Å². The number of fused-ring (bicyclic) bond motifs is 1. The normalized spacial score (nSPS) is 15.9. The monoisotopic (exact) mass is 306 g/mol. The Morgan fingerprint density at radius 2 is 1.70 bits per heavy atom. The molecule has 1 amide bonds. The Hall–Kier alpha value is -2.69. The standard InChI is InChI=1S/C18H18N4O/c23-18(15-6-2-1-3-7-15)21-12-9-14(10-13-21)17-20-19-16-8-4-5-11-22(16)17/h1-8,11,14H,9-10,12-13H2. The number of carbonyl (C=O) groups excluding carboxylic acids is 1. The lowest BCUT2D eigenvalue weighted by atomic mass is 9.95. The van der Waals surface area contributed by atoms with E-state index in [-0.39, 0.29) is 5.91 Å². The Bertz CT molecular complexity index is 819. The van der Waals surface area contributed by atoms with Crippen molar-refractivity contribution in [2.75, 3.05) is 13.1 Å². The van der Waals surface area contributed by atoms with Crippen molar-refractivity contribution in [1.29, 1.82) is 0 Å². The lowest BCUT2D eigenvalue weighted by molar-refractivity contribution is 0.0711. The Kier molecular flexibility index (Phi) is 3.54. The molecule has 1 saturated heterocycles. The van der Waals surface area contributed by atoms with Gasteiger partial charge in [0.15, 0.2) is 5.65 Å². The van der Waals surface area contributed by atoms with Gasteiger partial charge in [-0.1, -0.05) is 24.3 Å². The van der Waals surface area contributed by atoms with Crippen molar-refractivity contribution in [1.82, 2.24) is 19.5 Å². The molecule has 0 unspecified atom stereocenters. The molecule has 0 saturated carbocycles. The molecule has 1 fully saturated rings. The SMILES string of the molecule is O=C(c1ccccc1)N1CCC(c2nnc3ccccn23)CC1. The predicted molar refractivity (Wildman–Crippen MR) is 87.3 cm³/mol. The second kappa shape index (κ2) is 5.83. The van der Waals surface area contributed by atoms with Crippen LogP contribution in [-0.2, 0) is 0 Å². The van der Waals surface area contributed by atoms with Crippen molar-refractivity contribution in [3.05, 3.63) is 66.1 Å². The van der Waals surface area contributed by atoms with Gasteiger partial charge < -0.3 is 4.90 Å². The molecule has 5 nitrogen and oxygen atoms in total. The van der Waals surface area contributed by atoms with Crippen LogP contribution < -0.4 is 0 Å². The molecule has 3 aromatic rings. The molecule has 116 valence electrons. The lowest BCUT2D eigenvalue weighted by Gasteiger charge is -2.31. The second-order valence-electron chi connectivity index (χ2n) is 5.92. The van der Waals surface area contributed by atoms with E-state index < -0.39 is 0 Å². The number of nitrogens with zero attached hydrogens (tertiary/aromatic N) is 4. The molecular formula is C18H18N4O. The quantitative estimate of drug-likeness (QED) is 0.731. The lowest BCUT2D eigenvalue weighted by Crippen LogP contribution is -2.38. The van der Waals surface area contributed by atoms with E-state index in [2.05, 4.69) is 14.6 Å². The van der Waals surface area contributed by atoms with Gasteiger partial charge in [0.2, 0.25) is 0 Å². The molecular weight excluding hydrogens is 288 g/mol. The zero-order chi connectivity index (χ0) is 15.6. The van der Waals surface area contributed by atoms with Crippen LogP contribution in [0.4, 0.5) is 0 Å². The minimum absolute atomic E-state index is 0.121. The third kappa shape index (κ3) is 2.59. The Morgan fingerprint density at radius 3 is 2.48 bits per heavy atom. The Labute approximate surface area is 134 Å². The number of carbonyl (C=O) groups is 1. The van der Waals surface area contributed by atoms with Crippen LogP contribution in [0.15, 0.2) is 54.7 Å². The number of piperidine rings is 1. The van der Waals surface area contributed by atoms with E-state index in [1.807, 2.05) is 59.6 Å². The summed E-state index contributed by atoms with van der Waals surface area (Å²) in [5, 5.41) is 8.58. The van der Waals surface area contributed by atoms with E-state index in [0.29, 0.717) is 5.92 Å². The van der Waals surface area contributed by atoms with Gasteiger partial charge in [-0.15, -0.1) is 10.2 Å². The first-order valence-electron chi connectivity index (χ1n) is 7.97. The Balaban J connectivity index is 1.48. The van der Waals surface area contributed by atoms with Gasteiger partial charge in [0.05, 0.1) is 0 Å². The maximum atomic E-state index is 12.5. The molecule has 0 N–H and O–H groups in total. The highest BCUT2D eigenvalue weighted by Gasteiger charge is 2.27. The zero-order valence-corrected chi connectivity index (χ0v) is 12.8. The summed E-state index contributed by atoms with van der Waals surface area (Å²) >= 11 is 0. The van der Waals surface area contributed by atoms with Crippen LogP contribution in [0.25, 0.3) is 5.65 Å². The average molecular weight is 306 g/mol. The maximum absolute atomic E-state index is 12.5. The third-order valence-electron chi connectivity index (χ3n) is 4.51. The largest absolute Gasteiger partial charge is 0.339 e. The molecule has 5 heteroatoms. The average Bonchev–Trinajstić information content (AvgIpc) is 3.06. The van der Waals surface area contributed by atoms with E-state index in [4.69, 9.17) is 0 Å². The molecule has 0 radical (unpaired) electrons. The summed E-state index contributed by atoms with van der Waals surface area (Å²) in [5.74, 6) is 1.48. The Morgan fingerprint density at radius 1 is 0.957 bits per heavy atom. The van der Waals surface area contributed by atoms with Crippen molar-refractivity contribution >= 4 is 11.6 Å². The highest BCUT2D eigenvalue weighted by molar-refractivity contribution is 5.94. The minimum atomic E-state index is 0.121. The molecule has 1 aliphatic heterocycles. The van der Waals surface area contributed by atoms with Gasteiger partial charge in [-0.25, -0.2) is 0 Å². The smallest absolute Gasteiger partial charge is 0.253 e. The van der Waals surface area contributed by atoms with Crippen molar-refractivity contribution in [2.45, 2.75) is 18.8 Å². The van der Waals surface area contributed by atoms with Crippen LogP contribution in [0, 0.1) is 0 Å². The number of aromatic nitrogens is 3. The number of rotatable bonds is 2. The van der Waals surface area contributed by atoms with E-state index in [1.165, 1.54) is 0 Å². The number of benzene rings is 1. The van der Waals surface area contributed by atoms with Gasteiger partial charge in [0.1, 0.15) is 5.82 Å². The molecule has 4 rings (SSSR count). The molecule has 0 spiro atoms. The van der Waals surface area contributed by atoms with Crippen LogP contribution in [-0.4, -0.2) is 38.5 Å². The fourth-order valence-electron chi connectivity index (χ4n) is 3.24. The predicted octanol–water partition coefficient (Wildman–Crippen LogP) is 2.75. The summed E-state index contributed by atoms with van der Waals surface area (Å²) in [6.45, 7) is 1.53. The molecule has 0 aliphatic carbocycles. The van der Waals surface area contributed by atoms with E-state index in [0.717, 1.165) is 43.0 Å². The summed E-state index contributed by atoms with van der Waals surface area (Å²) in [6, 6.07) is 15.4. The highest BCUT2D eigenvalue weighted by atomic mass is 16.2. The van der Waals surface area contributed by atoms with E-state index in [1.54, 1.807) is 0 Å². The first-order chi connectivity index (χ1) is 11.3. The summed E-state index contributed by atoms with van der Waals surface area (Å²) in [4.78, 5) is 14.4. The van der Waals surface area contributed by atoms with Crippen molar-refractivity contribution < 1.29 is 4.79 Å². The number of hydrogen-bond donors (Lipinski definition) is 0. The van der Waals surface area contributed by atoms with E-state index in [9.17, 15) is 4.79 Å². The maximum Gasteiger partial charge on any atom is 0.253 e. The number of amides is 1. The first-order valence-corrected chi connectivity index (χ1v) is 7.97. The van der Waals surface area contributed by atoms with Crippen LogP contribution in [0.5, 0.6) is 0 Å². The van der Waals surface area contributed by atoms with Crippen molar-refractivity contribution in [3.63, 3.8) is 0 Å². The third-order valence-corrected chi connectivity index (χ3v) is 4.51. The first kappa shape index (κ1) is 13.9. The van der Waals surface area contributed by atoms with Gasteiger partial charge in [-0.2, -0.15) is 0 Å². The molecule has 0 bridgehead atoms. The number of hydrogen-bond acceptors (Lipinski definition) is 3. The van der Waals surface area contributed by atoms with Crippen molar-refractivity contribution in [2.24, 2.45) is 0 Å². The topological polar surface area (TPSA) is 50.5 Å². The van der Waals surface area contributed by atoms with Gasteiger partial charge >= 0.3 is 0 Å². The van der Waals surface area contributed by atoms with Crippen LogP contribution in [0.2, 0.25) is 0 Å². The molecule has 0 atom stereocenters. The summed E-state index contributed by atoms with van der Waals surface area (Å²) in [6.07, 6.45) is 3.86. The van der Waals surface area contributed by atoms with Gasteiger partial charge in [-0.05, 0) is 37.1 Å². The van der Waals surface area contributed by atoms with Gasteiger partial charge in [0, 0.05) is 30.8 Å². The van der Waals surface area contributed by atoms with Gasteiger partial charge in [0.25, 0.3) is 5.91 Å². The molecule has 1 aromatic carbocycles. The van der Waals surface area contributed by atoms with Crippen LogP contribution in [0.1, 0.15) is 34.9 Å². The van der Waals surface area contributed by atoms with Crippen LogP contribution in [0.3, 0.4) is 0 Å².